The molecule has 2 rings (SSSR count). The molecule has 1 N–H and O–H groups in total. The number of aromatic nitrogens is 3. The van der Waals surface area contributed by atoms with Crippen molar-refractivity contribution in [2.45, 2.75) is 6.54 Å². The summed E-state index contributed by atoms with van der Waals surface area (Å²) in [6.07, 6.45) is 1.30. The molecule has 0 aliphatic carbocycles. The molecule has 0 aliphatic rings. The highest BCUT2D eigenvalue weighted by atomic mass is 32.1. The van der Waals surface area contributed by atoms with Gasteiger partial charge in [-0.2, -0.15) is 0 Å². The van der Waals surface area contributed by atoms with E-state index >= 15 is 0 Å². The summed E-state index contributed by atoms with van der Waals surface area (Å²) in [6, 6.07) is 0. The van der Waals surface area contributed by atoms with Gasteiger partial charge < -0.3 is 10.2 Å². The van der Waals surface area contributed by atoms with Crippen molar-refractivity contribution in [1.29, 1.82) is 0 Å². The molecule has 0 unspecified atom stereocenters. The molecule has 0 spiro atoms. The van der Waals surface area contributed by atoms with Crippen molar-refractivity contribution in [2.24, 2.45) is 0 Å². The molecule has 0 aromatic carbocycles. The summed E-state index contributed by atoms with van der Waals surface area (Å²) in [5.74, 6) is 0.456. The van der Waals surface area contributed by atoms with Gasteiger partial charge in [-0.05, 0) is 0 Å². The van der Waals surface area contributed by atoms with Crippen molar-refractivity contribution >= 4 is 28.7 Å². The maximum absolute atomic E-state index is 11.2. The number of nitrogens with zero attached hydrogens (tertiary/aromatic N) is 5. The van der Waals surface area contributed by atoms with Crippen LogP contribution < -0.4 is 10.2 Å². The van der Waals surface area contributed by atoms with Crippen molar-refractivity contribution < 1.29 is 4.92 Å². The Balaban J connectivity index is 2.35. The van der Waals surface area contributed by atoms with Gasteiger partial charge in [0.25, 0.3) is 0 Å². The van der Waals surface area contributed by atoms with Crippen molar-refractivity contribution in [2.75, 3.05) is 24.3 Å². The molecule has 19 heavy (non-hydrogen) atoms. The Labute approximate surface area is 113 Å². The second-order valence-corrected chi connectivity index (χ2v) is 4.46. The minimum atomic E-state index is -0.487. The van der Waals surface area contributed by atoms with Crippen LogP contribution in [0.2, 0.25) is 0 Å². The SMILES string of the molecule is CNc1ncnc(N(C)Cc2cscn2)c1[N+](=O)[O-]. The quantitative estimate of drug-likeness (QED) is 0.655. The van der Waals surface area contributed by atoms with Crippen molar-refractivity contribution in [3.8, 4) is 0 Å². The van der Waals surface area contributed by atoms with Crippen LogP contribution in [0, 0.1) is 10.1 Å². The molecule has 2 aromatic heterocycles. The summed E-state index contributed by atoms with van der Waals surface area (Å²) in [5.41, 5.74) is 2.42. The van der Waals surface area contributed by atoms with Gasteiger partial charge in [-0.15, -0.1) is 11.3 Å². The Morgan fingerprint density at radius 1 is 1.47 bits per heavy atom. The number of hydrogen-bond donors (Lipinski definition) is 1. The smallest absolute Gasteiger partial charge is 0.353 e. The Bertz CT molecular complexity index is 573. The van der Waals surface area contributed by atoms with Crippen LogP contribution in [-0.2, 0) is 6.54 Å². The normalized spacial score (nSPS) is 10.2. The molecule has 0 radical (unpaired) electrons. The zero-order valence-electron chi connectivity index (χ0n) is 10.4. The number of hydrogen-bond acceptors (Lipinski definition) is 8. The Morgan fingerprint density at radius 3 is 2.84 bits per heavy atom. The highest BCUT2D eigenvalue weighted by Crippen LogP contribution is 2.31. The molecule has 0 amide bonds. The zero-order chi connectivity index (χ0) is 13.8. The van der Waals surface area contributed by atoms with E-state index < -0.39 is 4.92 Å². The average Bonchev–Trinajstić information content (AvgIpc) is 2.90. The summed E-state index contributed by atoms with van der Waals surface area (Å²) in [5, 5.41) is 15.7. The third-order valence-corrected chi connectivity index (χ3v) is 3.10. The summed E-state index contributed by atoms with van der Waals surface area (Å²) >= 11 is 1.48. The summed E-state index contributed by atoms with van der Waals surface area (Å²) in [4.78, 5) is 24.3. The fourth-order valence-electron chi connectivity index (χ4n) is 1.63. The van der Waals surface area contributed by atoms with Crippen molar-refractivity contribution in [3.05, 3.63) is 33.0 Å². The predicted molar refractivity (Wildman–Crippen MR) is 72.5 cm³/mol. The molecule has 0 saturated heterocycles. The third kappa shape index (κ3) is 2.76. The molecule has 9 heteroatoms. The maximum atomic E-state index is 11.2. The van der Waals surface area contributed by atoms with E-state index in [-0.39, 0.29) is 17.3 Å². The second-order valence-electron chi connectivity index (χ2n) is 3.74. The highest BCUT2D eigenvalue weighted by molar-refractivity contribution is 7.07. The summed E-state index contributed by atoms with van der Waals surface area (Å²) in [7, 11) is 3.31. The van der Waals surface area contributed by atoms with Gasteiger partial charge in [0.15, 0.2) is 0 Å². The number of anilines is 2. The first-order valence-electron chi connectivity index (χ1n) is 5.38. The van der Waals surface area contributed by atoms with E-state index in [1.807, 2.05) is 5.38 Å². The molecule has 0 atom stereocenters. The van der Waals surface area contributed by atoms with Gasteiger partial charge in [-0.1, -0.05) is 0 Å². The Hall–Kier alpha value is -2.29. The highest BCUT2D eigenvalue weighted by Gasteiger charge is 2.24. The Kier molecular flexibility index (Phi) is 3.85. The molecule has 8 nitrogen and oxygen atoms in total. The van der Waals surface area contributed by atoms with Gasteiger partial charge in [0.05, 0.1) is 22.7 Å². The van der Waals surface area contributed by atoms with Crippen molar-refractivity contribution in [1.82, 2.24) is 15.0 Å². The van der Waals surface area contributed by atoms with E-state index in [9.17, 15) is 10.1 Å². The lowest BCUT2D eigenvalue weighted by Gasteiger charge is -2.17. The molecule has 0 fully saturated rings. The number of rotatable bonds is 5. The summed E-state index contributed by atoms with van der Waals surface area (Å²) < 4.78 is 0. The predicted octanol–water partition coefficient (Wildman–Crippen LogP) is 1.52. The fourth-order valence-corrected chi connectivity index (χ4v) is 2.18. The average molecular weight is 280 g/mol. The number of thiazole rings is 1. The number of nitrogens with one attached hydrogen (secondary N) is 1. The first-order chi connectivity index (χ1) is 9.13. The zero-order valence-corrected chi connectivity index (χ0v) is 11.2. The van der Waals surface area contributed by atoms with Crippen LogP contribution in [-0.4, -0.2) is 34.0 Å². The molecule has 100 valence electrons. The van der Waals surface area contributed by atoms with Crippen LogP contribution in [0.1, 0.15) is 5.69 Å². The minimum absolute atomic E-state index is 0.136. The first kappa shape index (κ1) is 13.1. The van der Waals surface area contributed by atoms with Crippen LogP contribution in [0.5, 0.6) is 0 Å². The van der Waals surface area contributed by atoms with Gasteiger partial charge in [0, 0.05) is 19.5 Å². The third-order valence-electron chi connectivity index (χ3n) is 2.47. The van der Waals surface area contributed by atoms with Crippen LogP contribution >= 0.6 is 11.3 Å². The number of nitro groups is 1. The maximum Gasteiger partial charge on any atom is 0.353 e. The minimum Gasteiger partial charge on any atom is -0.367 e. The topological polar surface area (TPSA) is 97.1 Å². The van der Waals surface area contributed by atoms with Crippen LogP contribution in [0.25, 0.3) is 0 Å². The van der Waals surface area contributed by atoms with E-state index in [0.29, 0.717) is 6.54 Å². The fraction of sp³-hybridized carbons (Fsp3) is 0.300. The van der Waals surface area contributed by atoms with Gasteiger partial charge >= 0.3 is 5.69 Å². The molecule has 0 aliphatic heterocycles. The lowest BCUT2D eigenvalue weighted by Crippen LogP contribution is -2.20. The Morgan fingerprint density at radius 2 is 2.26 bits per heavy atom. The van der Waals surface area contributed by atoms with E-state index in [1.165, 1.54) is 17.7 Å². The van der Waals surface area contributed by atoms with Gasteiger partial charge in [0.2, 0.25) is 11.6 Å². The lowest BCUT2D eigenvalue weighted by atomic mass is 10.3. The monoisotopic (exact) mass is 280 g/mol. The van der Waals surface area contributed by atoms with E-state index in [0.717, 1.165) is 5.69 Å². The van der Waals surface area contributed by atoms with Crippen LogP contribution in [0.3, 0.4) is 0 Å². The van der Waals surface area contributed by atoms with E-state index in [2.05, 4.69) is 20.3 Å². The molecule has 2 heterocycles. The molecule has 0 saturated carbocycles. The van der Waals surface area contributed by atoms with Gasteiger partial charge in [0.1, 0.15) is 6.33 Å². The molecule has 2 aromatic rings. The van der Waals surface area contributed by atoms with Gasteiger partial charge in [-0.25, -0.2) is 15.0 Å². The second kappa shape index (κ2) is 5.57. The van der Waals surface area contributed by atoms with E-state index in [4.69, 9.17) is 0 Å². The molecule has 0 bridgehead atoms. The first-order valence-corrected chi connectivity index (χ1v) is 6.33. The van der Waals surface area contributed by atoms with Crippen molar-refractivity contribution in [3.63, 3.8) is 0 Å². The molecular formula is C10H12N6O2S. The van der Waals surface area contributed by atoms with E-state index in [1.54, 1.807) is 24.5 Å². The lowest BCUT2D eigenvalue weighted by molar-refractivity contribution is -0.383. The van der Waals surface area contributed by atoms with Crippen LogP contribution in [0.15, 0.2) is 17.2 Å². The van der Waals surface area contributed by atoms with Gasteiger partial charge in [-0.3, -0.25) is 10.1 Å². The standard InChI is InChI=1S/C10H12N6O2S/c1-11-9-8(16(17)18)10(13-5-12-9)15(2)3-7-4-19-6-14-7/h4-6H,3H2,1-2H3,(H,11,12,13). The summed E-state index contributed by atoms with van der Waals surface area (Å²) in [6.45, 7) is 0.449. The van der Waals surface area contributed by atoms with Crippen LogP contribution in [0.4, 0.5) is 17.3 Å². The molecular weight excluding hydrogens is 268 g/mol. The largest absolute Gasteiger partial charge is 0.367 e.